The monoisotopic (exact) mass is 404 g/mol. The summed E-state index contributed by atoms with van der Waals surface area (Å²) < 4.78 is 0. The van der Waals surface area contributed by atoms with Gasteiger partial charge >= 0.3 is 0 Å². The van der Waals surface area contributed by atoms with E-state index >= 15 is 0 Å². The van der Waals surface area contributed by atoms with Gasteiger partial charge in [0, 0.05) is 23.5 Å². The summed E-state index contributed by atoms with van der Waals surface area (Å²) in [6, 6.07) is 27.3. The molecule has 0 spiro atoms. The predicted molar refractivity (Wildman–Crippen MR) is 122 cm³/mol. The molecule has 150 valence electrons. The van der Waals surface area contributed by atoms with E-state index < -0.39 is 11.4 Å². The van der Waals surface area contributed by atoms with Gasteiger partial charge in [0.2, 0.25) is 5.91 Å². The summed E-state index contributed by atoms with van der Waals surface area (Å²) in [5.74, 6) is 0.0358. The van der Waals surface area contributed by atoms with Crippen molar-refractivity contribution in [2.45, 2.75) is 5.54 Å². The predicted octanol–water partition coefficient (Wildman–Crippen LogP) is 3.86. The number of aromatic nitrogens is 1. The molecule has 1 unspecified atom stereocenters. The van der Waals surface area contributed by atoms with Crippen LogP contribution in [0.15, 0.2) is 102 Å². The molecule has 1 aliphatic rings. The number of carbonyl (C=O) groups is 1. The van der Waals surface area contributed by atoms with Crippen molar-refractivity contribution in [2.75, 3.05) is 0 Å². The number of fused-ring (bicyclic) bond motifs is 1. The van der Waals surface area contributed by atoms with Crippen molar-refractivity contribution in [3.05, 3.63) is 125 Å². The molecule has 4 aromatic rings. The topological polar surface area (TPSA) is 94.4 Å². The first kappa shape index (κ1) is 18.8. The Morgan fingerprint density at radius 2 is 1.48 bits per heavy atom. The van der Waals surface area contributed by atoms with Gasteiger partial charge in [0.15, 0.2) is 0 Å². The molecule has 5 rings (SSSR count). The van der Waals surface area contributed by atoms with Crippen LogP contribution in [0, 0.1) is 0 Å². The summed E-state index contributed by atoms with van der Waals surface area (Å²) >= 11 is 0. The zero-order valence-electron chi connectivity index (χ0n) is 16.7. The van der Waals surface area contributed by atoms with Gasteiger partial charge in [-0.05, 0) is 52.1 Å². The standard InChI is InChI=1S/C26H20N4O/c27-24-22-10-3-4-11-23(22)26(30-24,18-12-14-29-15-13-18)19-7-5-6-17(16-19)20-8-1-2-9-21(20)25(28)31/h1-16H,(H2,27,30)(H2,28,31). The minimum Gasteiger partial charge on any atom is -0.383 e. The number of carbonyl (C=O) groups excluding carboxylic acids is 1. The van der Waals surface area contributed by atoms with Gasteiger partial charge in [0.1, 0.15) is 11.4 Å². The highest BCUT2D eigenvalue weighted by molar-refractivity contribution is 6.03. The van der Waals surface area contributed by atoms with E-state index in [1.54, 1.807) is 18.5 Å². The lowest BCUT2D eigenvalue weighted by Gasteiger charge is -2.29. The molecule has 1 aliphatic heterocycles. The molecule has 0 radical (unpaired) electrons. The molecule has 3 aromatic carbocycles. The molecule has 1 aromatic heterocycles. The smallest absolute Gasteiger partial charge is 0.249 e. The van der Waals surface area contributed by atoms with Crippen LogP contribution in [0.25, 0.3) is 11.1 Å². The fourth-order valence-electron chi connectivity index (χ4n) is 4.38. The van der Waals surface area contributed by atoms with Crippen molar-refractivity contribution in [1.82, 2.24) is 4.98 Å². The fraction of sp³-hybridized carbons (Fsp3) is 0.0385. The van der Waals surface area contributed by atoms with Crippen molar-refractivity contribution in [1.29, 1.82) is 0 Å². The molecule has 0 aliphatic carbocycles. The molecular formula is C26H20N4O. The van der Waals surface area contributed by atoms with Crippen LogP contribution in [0.2, 0.25) is 0 Å². The van der Waals surface area contributed by atoms with Crippen molar-refractivity contribution >= 4 is 11.7 Å². The van der Waals surface area contributed by atoms with E-state index in [1.165, 1.54) is 0 Å². The number of amidine groups is 1. The molecule has 0 bridgehead atoms. The molecule has 31 heavy (non-hydrogen) atoms. The third-order valence-electron chi connectivity index (χ3n) is 5.76. The number of benzene rings is 3. The lowest BCUT2D eigenvalue weighted by molar-refractivity contribution is 0.100. The van der Waals surface area contributed by atoms with Crippen molar-refractivity contribution < 1.29 is 4.79 Å². The highest BCUT2D eigenvalue weighted by Gasteiger charge is 2.42. The van der Waals surface area contributed by atoms with E-state index in [2.05, 4.69) is 17.1 Å². The third kappa shape index (κ3) is 2.90. The maximum absolute atomic E-state index is 12.0. The van der Waals surface area contributed by atoms with Gasteiger partial charge in [-0.3, -0.25) is 9.78 Å². The minimum atomic E-state index is -0.804. The van der Waals surface area contributed by atoms with E-state index in [0.29, 0.717) is 11.4 Å². The van der Waals surface area contributed by atoms with E-state index in [4.69, 9.17) is 16.5 Å². The van der Waals surface area contributed by atoms with Gasteiger partial charge < -0.3 is 11.5 Å². The van der Waals surface area contributed by atoms with Gasteiger partial charge in [0.25, 0.3) is 0 Å². The van der Waals surface area contributed by atoms with Crippen LogP contribution < -0.4 is 11.5 Å². The minimum absolute atomic E-state index is 0.460. The normalized spacial score (nSPS) is 17.1. The average Bonchev–Trinajstić information content (AvgIpc) is 3.13. The first-order valence-corrected chi connectivity index (χ1v) is 9.97. The first-order valence-electron chi connectivity index (χ1n) is 9.97. The summed E-state index contributed by atoms with van der Waals surface area (Å²) in [6.07, 6.45) is 3.52. The Balaban J connectivity index is 1.79. The van der Waals surface area contributed by atoms with Crippen molar-refractivity contribution in [3.8, 4) is 11.1 Å². The second kappa shape index (κ2) is 7.22. The lowest BCUT2D eigenvalue weighted by Crippen LogP contribution is -2.25. The third-order valence-corrected chi connectivity index (χ3v) is 5.76. The van der Waals surface area contributed by atoms with Crippen molar-refractivity contribution in [2.24, 2.45) is 16.5 Å². The molecule has 0 saturated carbocycles. The average molecular weight is 404 g/mol. The van der Waals surface area contributed by atoms with Crippen LogP contribution in [0.1, 0.15) is 32.6 Å². The first-order chi connectivity index (χ1) is 15.1. The summed E-state index contributed by atoms with van der Waals surface area (Å²) in [4.78, 5) is 21.2. The summed E-state index contributed by atoms with van der Waals surface area (Å²) in [6.45, 7) is 0. The summed E-state index contributed by atoms with van der Waals surface area (Å²) in [5.41, 5.74) is 17.2. The van der Waals surface area contributed by atoms with Gasteiger partial charge in [-0.1, -0.05) is 60.7 Å². The Bertz CT molecular complexity index is 1330. The number of nitrogens with two attached hydrogens (primary N) is 2. The Morgan fingerprint density at radius 1 is 0.774 bits per heavy atom. The number of hydrogen-bond donors (Lipinski definition) is 2. The van der Waals surface area contributed by atoms with Gasteiger partial charge in [0.05, 0.1) is 0 Å². The molecule has 5 nitrogen and oxygen atoms in total. The fourth-order valence-corrected chi connectivity index (χ4v) is 4.38. The zero-order valence-corrected chi connectivity index (χ0v) is 16.7. The number of aliphatic imine (C=N–C) groups is 1. The Kier molecular flexibility index (Phi) is 4.37. The molecule has 0 saturated heterocycles. The number of nitrogens with zero attached hydrogens (tertiary/aromatic N) is 2. The molecule has 4 N–H and O–H groups in total. The van der Waals surface area contributed by atoms with Crippen LogP contribution in [-0.4, -0.2) is 16.7 Å². The summed E-state index contributed by atoms with van der Waals surface area (Å²) in [7, 11) is 0. The summed E-state index contributed by atoms with van der Waals surface area (Å²) in [5, 5.41) is 0. The van der Waals surface area contributed by atoms with Gasteiger partial charge in [-0.15, -0.1) is 0 Å². The molecule has 0 fully saturated rings. The van der Waals surface area contributed by atoms with Gasteiger partial charge in [-0.25, -0.2) is 4.99 Å². The number of pyridine rings is 1. The largest absolute Gasteiger partial charge is 0.383 e. The molecule has 5 heteroatoms. The van der Waals surface area contributed by atoms with E-state index in [-0.39, 0.29) is 0 Å². The second-order valence-electron chi connectivity index (χ2n) is 7.48. The van der Waals surface area contributed by atoms with Crippen LogP contribution in [0.4, 0.5) is 0 Å². The second-order valence-corrected chi connectivity index (χ2v) is 7.48. The number of amides is 1. The highest BCUT2D eigenvalue weighted by atomic mass is 16.1. The zero-order chi connectivity index (χ0) is 21.4. The Labute approximate surface area is 180 Å². The van der Waals surface area contributed by atoms with Crippen LogP contribution >= 0.6 is 0 Å². The number of primary amides is 1. The molecule has 1 atom stereocenters. The molecule has 2 heterocycles. The lowest BCUT2D eigenvalue weighted by atomic mass is 9.77. The van der Waals surface area contributed by atoms with E-state index in [9.17, 15) is 4.79 Å². The number of rotatable bonds is 4. The SMILES string of the molecule is NC(=O)c1ccccc1-c1cccc(C2(c3ccncc3)N=C(N)c3ccccc32)c1. The number of hydrogen-bond acceptors (Lipinski definition) is 4. The van der Waals surface area contributed by atoms with Gasteiger partial charge in [-0.2, -0.15) is 0 Å². The van der Waals surface area contributed by atoms with Crippen molar-refractivity contribution in [3.63, 3.8) is 0 Å². The Hall–Kier alpha value is -4.25. The van der Waals surface area contributed by atoms with E-state index in [1.807, 2.05) is 66.7 Å². The molecular weight excluding hydrogens is 384 g/mol. The Morgan fingerprint density at radius 3 is 2.26 bits per heavy atom. The maximum atomic E-state index is 12.0. The van der Waals surface area contributed by atoms with Crippen LogP contribution in [-0.2, 0) is 5.54 Å². The maximum Gasteiger partial charge on any atom is 0.249 e. The molecule has 1 amide bonds. The van der Waals surface area contributed by atoms with Crippen LogP contribution in [0.5, 0.6) is 0 Å². The van der Waals surface area contributed by atoms with E-state index in [0.717, 1.165) is 33.4 Å². The quantitative estimate of drug-likeness (QED) is 0.541. The highest BCUT2D eigenvalue weighted by Crippen LogP contribution is 2.46. The van der Waals surface area contributed by atoms with Crippen LogP contribution in [0.3, 0.4) is 0 Å².